The van der Waals surface area contributed by atoms with Gasteiger partial charge in [-0.25, -0.2) is 13.1 Å². The van der Waals surface area contributed by atoms with Crippen molar-refractivity contribution in [3.8, 4) is 0 Å². The number of rotatable bonds is 6. The maximum atomic E-state index is 12.8. The standard InChI is InChI=1S/C19H29N3O3S.ClH/c1-14-8-9-15(18(23)21-19(13-20)10-4-5-11-19)12-17(14)26(24,25)22-16-6-2-3-7-16;/h8-9,12,16,22H,2-7,10-11,13,20H2,1H3,(H,21,23);1H. The van der Waals surface area contributed by atoms with Crippen LogP contribution in [0.2, 0.25) is 0 Å². The van der Waals surface area contributed by atoms with Gasteiger partial charge in [0.1, 0.15) is 0 Å². The molecule has 1 amide bonds. The third-order valence-corrected chi connectivity index (χ3v) is 7.41. The molecule has 2 aliphatic rings. The van der Waals surface area contributed by atoms with E-state index in [2.05, 4.69) is 10.0 Å². The monoisotopic (exact) mass is 415 g/mol. The predicted molar refractivity (Wildman–Crippen MR) is 109 cm³/mol. The summed E-state index contributed by atoms with van der Waals surface area (Å²) in [5.41, 5.74) is 6.53. The second kappa shape index (κ2) is 8.90. The molecule has 0 heterocycles. The fourth-order valence-electron chi connectivity index (χ4n) is 4.10. The van der Waals surface area contributed by atoms with Gasteiger partial charge in [-0.15, -0.1) is 12.4 Å². The Balaban J connectivity index is 0.00000261. The molecular weight excluding hydrogens is 386 g/mol. The van der Waals surface area contributed by atoms with Crippen LogP contribution in [0.5, 0.6) is 0 Å². The molecule has 0 saturated heterocycles. The summed E-state index contributed by atoms with van der Waals surface area (Å²) < 4.78 is 28.4. The average molecular weight is 416 g/mol. The van der Waals surface area contributed by atoms with Gasteiger partial charge in [0.25, 0.3) is 5.91 Å². The molecule has 2 aliphatic carbocycles. The van der Waals surface area contributed by atoms with Crippen LogP contribution in [-0.2, 0) is 10.0 Å². The molecule has 0 spiro atoms. The molecule has 2 fully saturated rings. The Labute approximate surface area is 168 Å². The van der Waals surface area contributed by atoms with E-state index in [0.29, 0.717) is 17.7 Å². The number of benzene rings is 1. The second-order valence-corrected chi connectivity index (χ2v) is 9.41. The molecule has 152 valence electrons. The van der Waals surface area contributed by atoms with Crippen molar-refractivity contribution in [1.29, 1.82) is 0 Å². The van der Waals surface area contributed by atoms with Gasteiger partial charge in [-0.2, -0.15) is 0 Å². The Hall–Kier alpha value is -1.15. The molecule has 0 aliphatic heterocycles. The number of aryl methyl sites for hydroxylation is 1. The van der Waals surface area contributed by atoms with Crippen LogP contribution >= 0.6 is 12.4 Å². The minimum absolute atomic E-state index is 0. The number of sulfonamides is 1. The van der Waals surface area contributed by atoms with E-state index in [1.165, 1.54) is 6.07 Å². The van der Waals surface area contributed by atoms with Crippen LogP contribution in [0.25, 0.3) is 0 Å². The van der Waals surface area contributed by atoms with Crippen LogP contribution in [0.4, 0.5) is 0 Å². The van der Waals surface area contributed by atoms with E-state index in [0.717, 1.165) is 51.4 Å². The summed E-state index contributed by atoms with van der Waals surface area (Å²) in [6.07, 6.45) is 7.69. The van der Waals surface area contributed by atoms with Gasteiger partial charge in [-0.3, -0.25) is 4.79 Å². The minimum Gasteiger partial charge on any atom is -0.345 e. The Morgan fingerprint density at radius 1 is 1.19 bits per heavy atom. The van der Waals surface area contributed by atoms with E-state index in [4.69, 9.17) is 5.73 Å². The predicted octanol–water partition coefficient (Wildman–Crippen LogP) is 2.64. The second-order valence-electron chi connectivity index (χ2n) is 7.73. The molecule has 6 nitrogen and oxygen atoms in total. The summed E-state index contributed by atoms with van der Waals surface area (Å²) in [5, 5.41) is 3.05. The normalized spacial score (nSPS) is 19.6. The van der Waals surface area contributed by atoms with E-state index < -0.39 is 10.0 Å². The third-order valence-electron chi connectivity index (χ3n) is 5.75. The highest BCUT2D eigenvalue weighted by atomic mass is 35.5. The van der Waals surface area contributed by atoms with Gasteiger partial charge in [0.05, 0.1) is 10.4 Å². The van der Waals surface area contributed by atoms with Gasteiger partial charge in [-0.1, -0.05) is 31.7 Å². The Kier molecular flexibility index (Phi) is 7.30. The first-order valence-electron chi connectivity index (χ1n) is 9.51. The van der Waals surface area contributed by atoms with Gasteiger partial charge in [0.2, 0.25) is 10.0 Å². The lowest BCUT2D eigenvalue weighted by atomic mass is 9.97. The number of hydrogen-bond donors (Lipinski definition) is 3. The largest absolute Gasteiger partial charge is 0.345 e. The van der Waals surface area contributed by atoms with Crippen molar-refractivity contribution in [1.82, 2.24) is 10.0 Å². The van der Waals surface area contributed by atoms with Crippen LogP contribution in [0.3, 0.4) is 0 Å². The Morgan fingerprint density at radius 2 is 1.81 bits per heavy atom. The molecular formula is C19H30ClN3O3S. The van der Waals surface area contributed by atoms with Crippen molar-refractivity contribution in [2.45, 2.75) is 74.8 Å². The Bertz CT molecular complexity index is 770. The van der Waals surface area contributed by atoms with Crippen LogP contribution < -0.4 is 15.8 Å². The van der Waals surface area contributed by atoms with Gasteiger partial charge in [0, 0.05) is 18.2 Å². The van der Waals surface area contributed by atoms with Crippen molar-refractivity contribution in [2.24, 2.45) is 5.73 Å². The highest BCUT2D eigenvalue weighted by molar-refractivity contribution is 7.89. The van der Waals surface area contributed by atoms with Crippen LogP contribution in [0.1, 0.15) is 67.3 Å². The van der Waals surface area contributed by atoms with Crippen molar-refractivity contribution < 1.29 is 13.2 Å². The zero-order valence-electron chi connectivity index (χ0n) is 15.8. The fourth-order valence-corrected chi connectivity index (χ4v) is 5.68. The fraction of sp³-hybridized carbons (Fsp3) is 0.632. The zero-order valence-corrected chi connectivity index (χ0v) is 17.4. The van der Waals surface area contributed by atoms with Crippen molar-refractivity contribution in [3.05, 3.63) is 29.3 Å². The molecule has 0 unspecified atom stereocenters. The summed E-state index contributed by atoms with van der Waals surface area (Å²) in [6.45, 7) is 2.15. The Morgan fingerprint density at radius 3 is 2.41 bits per heavy atom. The smallest absolute Gasteiger partial charge is 0.251 e. The summed E-state index contributed by atoms with van der Waals surface area (Å²) >= 11 is 0. The van der Waals surface area contributed by atoms with Crippen molar-refractivity contribution in [3.63, 3.8) is 0 Å². The topological polar surface area (TPSA) is 101 Å². The van der Waals surface area contributed by atoms with E-state index in [9.17, 15) is 13.2 Å². The van der Waals surface area contributed by atoms with Crippen molar-refractivity contribution >= 4 is 28.3 Å². The maximum absolute atomic E-state index is 12.8. The summed E-state index contributed by atoms with van der Waals surface area (Å²) in [5.74, 6) is -0.255. The lowest BCUT2D eigenvalue weighted by Gasteiger charge is -2.28. The molecule has 0 bridgehead atoms. The van der Waals surface area contributed by atoms with E-state index in [1.54, 1.807) is 19.1 Å². The molecule has 27 heavy (non-hydrogen) atoms. The van der Waals surface area contributed by atoms with Gasteiger partial charge < -0.3 is 11.1 Å². The van der Waals surface area contributed by atoms with Crippen LogP contribution in [0.15, 0.2) is 23.1 Å². The van der Waals surface area contributed by atoms with Crippen molar-refractivity contribution in [2.75, 3.05) is 6.54 Å². The first-order valence-corrected chi connectivity index (χ1v) is 11.0. The van der Waals surface area contributed by atoms with E-state index in [-0.39, 0.29) is 34.8 Å². The number of amides is 1. The molecule has 2 saturated carbocycles. The quantitative estimate of drug-likeness (QED) is 0.664. The first kappa shape index (κ1) is 22.1. The molecule has 1 aromatic rings. The highest BCUT2D eigenvalue weighted by Gasteiger charge is 2.34. The molecule has 0 radical (unpaired) electrons. The summed E-state index contributed by atoms with van der Waals surface area (Å²) in [4.78, 5) is 12.9. The number of carbonyl (C=O) groups excluding carboxylic acids is 1. The van der Waals surface area contributed by atoms with Gasteiger partial charge in [0.15, 0.2) is 0 Å². The maximum Gasteiger partial charge on any atom is 0.251 e. The SMILES string of the molecule is Cc1ccc(C(=O)NC2(CN)CCCC2)cc1S(=O)(=O)NC1CCCC1.Cl. The van der Waals surface area contributed by atoms with E-state index in [1.807, 2.05) is 0 Å². The molecule has 0 aromatic heterocycles. The van der Waals surface area contributed by atoms with E-state index >= 15 is 0 Å². The summed E-state index contributed by atoms with van der Waals surface area (Å²) in [7, 11) is -3.63. The average Bonchev–Trinajstić information content (AvgIpc) is 3.27. The number of nitrogens with two attached hydrogens (primary N) is 1. The molecule has 4 N–H and O–H groups in total. The number of hydrogen-bond acceptors (Lipinski definition) is 4. The first-order chi connectivity index (χ1) is 12.4. The van der Waals surface area contributed by atoms with Crippen LogP contribution in [-0.4, -0.2) is 32.5 Å². The van der Waals surface area contributed by atoms with Gasteiger partial charge in [-0.05, 0) is 50.3 Å². The number of nitrogens with one attached hydrogen (secondary N) is 2. The lowest BCUT2D eigenvalue weighted by molar-refractivity contribution is 0.0903. The van der Waals surface area contributed by atoms with Crippen LogP contribution in [0, 0.1) is 6.92 Å². The third kappa shape index (κ3) is 5.02. The molecule has 8 heteroatoms. The highest BCUT2D eigenvalue weighted by Crippen LogP contribution is 2.29. The minimum atomic E-state index is -3.63. The number of carbonyl (C=O) groups is 1. The molecule has 3 rings (SSSR count). The number of halogens is 1. The lowest BCUT2D eigenvalue weighted by Crippen LogP contribution is -2.51. The summed E-state index contributed by atoms with van der Waals surface area (Å²) in [6, 6.07) is 4.86. The molecule has 1 aromatic carbocycles. The molecule has 0 atom stereocenters. The van der Waals surface area contributed by atoms with Gasteiger partial charge >= 0.3 is 0 Å². The zero-order chi connectivity index (χ0) is 18.8.